The molecule has 30 heavy (non-hydrogen) atoms. The van der Waals surface area contributed by atoms with Crippen molar-refractivity contribution in [2.45, 2.75) is 26.3 Å². The van der Waals surface area contributed by atoms with Crippen molar-refractivity contribution in [3.8, 4) is 0 Å². The van der Waals surface area contributed by atoms with Gasteiger partial charge >= 0.3 is 0 Å². The van der Waals surface area contributed by atoms with E-state index in [1.54, 1.807) is 6.07 Å². The zero-order chi connectivity index (χ0) is 21.3. The molecule has 7 heteroatoms. The van der Waals surface area contributed by atoms with Gasteiger partial charge in [0.05, 0.1) is 4.91 Å². The van der Waals surface area contributed by atoms with Crippen LogP contribution >= 0.6 is 35.0 Å². The summed E-state index contributed by atoms with van der Waals surface area (Å²) in [5.74, 6) is -0.212. The first-order chi connectivity index (χ1) is 14.5. The first-order valence-corrected chi connectivity index (χ1v) is 11.3. The van der Waals surface area contributed by atoms with Crippen molar-refractivity contribution >= 4 is 63.1 Å². The van der Waals surface area contributed by atoms with E-state index in [1.165, 1.54) is 4.90 Å². The summed E-state index contributed by atoms with van der Waals surface area (Å²) >= 11 is 13.4. The average molecular weight is 459 g/mol. The minimum Gasteiger partial charge on any atom is -0.342 e. The number of nitrogens with zero attached hydrogens (tertiary/aromatic N) is 2. The van der Waals surface area contributed by atoms with Crippen molar-refractivity contribution < 1.29 is 9.59 Å². The van der Waals surface area contributed by atoms with Crippen LogP contribution in [0.5, 0.6) is 0 Å². The standard InChI is InChI=1S/C23H20Cl2N2O2S/c1-2-3-10-27-22(28)21(30-23(27)29)11-16-14-26(20-7-5-4-6-18(16)20)13-15-8-9-17(24)12-19(15)25/h4-9,11-12,14H,2-3,10,13H2,1H3/b21-11-. The van der Waals surface area contributed by atoms with Crippen LogP contribution in [0.25, 0.3) is 17.0 Å². The van der Waals surface area contributed by atoms with E-state index < -0.39 is 0 Å². The van der Waals surface area contributed by atoms with Crippen molar-refractivity contribution in [1.29, 1.82) is 0 Å². The number of fused-ring (bicyclic) bond motifs is 1. The molecule has 0 atom stereocenters. The van der Waals surface area contributed by atoms with Crippen LogP contribution in [-0.4, -0.2) is 27.2 Å². The van der Waals surface area contributed by atoms with E-state index >= 15 is 0 Å². The van der Waals surface area contributed by atoms with Crippen LogP contribution in [0.1, 0.15) is 30.9 Å². The molecule has 1 aliphatic rings. The van der Waals surface area contributed by atoms with E-state index in [9.17, 15) is 9.59 Å². The van der Waals surface area contributed by atoms with Crippen molar-refractivity contribution in [3.63, 3.8) is 0 Å². The van der Waals surface area contributed by atoms with E-state index in [0.29, 0.717) is 28.0 Å². The molecule has 4 rings (SSSR count). The van der Waals surface area contributed by atoms with E-state index in [-0.39, 0.29) is 11.1 Å². The summed E-state index contributed by atoms with van der Waals surface area (Å²) < 4.78 is 2.09. The van der Waals surface area contributed by atoms with Gasteiger partial charge in [-0.1, -0.05) is 60.8 Å². The Bertz CT molecular complexity index is 1170. The average Bonchev–Trinajstić information content (AvgIpc) is 3.20. The summed E-state index contributed by atoms with van der Waals surface area (Å²) in [4.78, 5) is 26.8. The number of imide groups is 1. The second kappa shape index (κ2) is 8.88. The number of rotatable bonds is 6. The maximum absolute atomic E-state index is 12.7. The third-order valence-electron chi connectivity index (χ3n) is 5.07. The highest BCUT2D eigenvalue weighted by Gasteiger charge is 2.34. The summed E-state index contributed by atoms with van der Waals surface area (Å²) in [5.41, 5.74) is 2.88. The molecule has 0 N–H and O–H groups in total. The van der Waals surface area contributed by atoms with Gasteiger partial charge in [0.1, 0.15) is 0 Å². The lowest BCUT2D eigenvalue weighted by Crippen LogP contribution is -2.29. The molecule has 2 heterocycles. The molecule has 154 valence electrons. The number of amides is 2. The van der Waals surface area contributed by atoms with E-state index in [0.717, 1.165) is 46.6 Å². The molecule has 0 saturated carbocycles. The van der Waals surface area contributed by atoms with Crippen molar-refractivity contribution in [2.75, 3.05) is 6.54 Å². The first-order valence-electron chi connectivity index (χ1n) is 9.75. The van der Waals surface area contributed by atoms with Crippen LogP contribution in [0.3, 0.4) is 0 Å². The van der Waals surface area contributed by atoms with Gasteiger partial charge in [-0.2, -0.15) is 0 Å². The number of hydrogen-bond acceptors (Lipinski definition) is 3. The molecular formula is C23H20Cl2N2O2S. The van der Waals surface area contributed by atoms with Crippen LogP contribution in [-0.2, 0) is 11.3 Å². The predicted molar refractivity (Wildman–Crippen MR) is 125 cm³/mol. The van der Waals surface area contributed by atoms with Crippen molar-refractivity contribution in [2.24, 2.45) is 0 Å². The highest BCUT2D eigenvalue weighted by atomic mass is 35.5. The molecule has 3 aromatic rings. The Labute approximate surface area is 189 Å². The predicted octanol–water partition coefficient (Wildman–Crippen LogP) is 6.83. The maximum atomic E-state index is 12.7. The lowest BCUT2D eigenvalue weighted by Gasteiger charge is -2.10. The monoisotopic (exact) mass is 458 g/mol. The molecule has 1 aliphatic heterocycles. The van der Waals surface area contributed by atoms with E-state index in [4.69, 9.17) is 23.2 Å². The summed E-state index contributed by atoms with van der Waals surface area (Å²) in [7, 11) is 0. The Kier molecular flexibility index (Phi) is 6.23. The molecule has 2 amide bonds. The minimum atomic E-state index is -0.212. The Hall–Kier alpha value is -2.21. The van der Waals surface area contributed by atoms with Gasteiger partial charge < -0.3 is 4.57 Å². The molecule has 1 saturated heterocycles. The summed E-state index contributed by atoms with van der Waals surface area (Å²) in [6.45, 7) is 3.08. The number of carbonyl (C=O) groups is 2. The number of benzene rings is 2. The first kappa shape index (κ1) is 21.0. The number of unbranched alkanes of at least 4 members (excludes halogenated alkanes) is 1. The molecule has 2 aromatic carbocycles. The van der Waals surface area contributed by atoms with Crippen molar-refractivity contribution in [3.05, 3.63) is 74.7 Å². The SMILES string of the molecule is CCCCN1C(=O)S/C(=C\c2cn(Cc3ccc(Cl)cc3Cl)c3ccccc23)C1=O. The Balaban J connectivity index is 1.70. The van der Waals surface area contributed by atoms with Gasteiger partial charge in [0.25, 0.3) is 11.1 Å². The Morgan fingerprint density at radius 1 is 1.10 bits per heavy atom. The lowest BCUT2D eigenvalue weighted by atomic mass is 10.1. The number of para-hydroxylation sites is 1. The van der Waals surface area contributed by atoms with Crippen LogP contribution in [0.15, 0.2) is 53.6 Å². The smallest absolute Gasteiger partial charge is 0.293 e. The lowest BCUT2D eigenvalue weighted by molar-refractivity contribution is -0.122. The number of aromatic nitrogens is 1. The molecule has 0 spiro atoms. The van der Waals surface area contributed by atoms with Gasteiger partial charge in [0, 0.05) is 45.8 Å². The fraction of sp³-hybridized carbons (Fsp3) is 0.217. The number of thioether (sulfide) groups is 1. The van der Waals surface area contributed by atoms with Crippen LogP contribution < -0.4 is 0 Å². The molecular weight excluding hydrogens is 439 g/mol. The van der Waals surface area contributed by atoms with Gasteiger partial charge in [0.15, 0.2) is 0 Å². The van der Waals surface area contributed by atoms with Crippen LogP contribution in [0.2, 0.25) is 10.0 Å². The van der Waals surface area contributed by atoms with Gasteiger partial charge in [-0.05, 0) is 48.0 Å². The van der Waals surface area contributed by atoms with Crippen molar-refractivity contribution in [1.82, 2.24) is 9.47 Å². The maximum Gasteiger partial charge on any atom is 0.293 e. The summed E-state index contributed by atoms with van der Waals surface area (Å²) in [5, 5.41) is 2.03. The molecule has 4 nitrogen and oxygen atoms in total. The Morgan fingerprint density at radius 3 is 2.67 bits per heavy atom. The molecule has 1 fully saturated rings. The third-order valence-corrected chi connectivity index (χ3v) is 6.57. The minimum absolute atomic E-state index is 0.198. The van der Waals surface area contributed by atoms with E-state index in [2.05, 4.69) is 4.57 Å². The van der Waals surface area contributed by atoms with Crippen LogP contribution in [0.4, 0.5) is 4.79 Å². The molecule has 0 radical (unpaired) electrons. The van der Waals surface area contributed by atoms with Gasteiger partial charge in [-0.3, -0.25) is 14.5 Å². The largest absolute Gasteiger partial charge is 0.342 e. The van der Waals surface area contributed by atoms with Gasteiger partial charge in [-0.25, -0.2) is 0 Å². The number of carbonyl (C=O) groups excluding carboxylic acids is 2. The van der Waals surface area contributed by atoms with E-state index in [1.807, 2.05) is 55.6 Å². The second-order valence-electron chi connectivity index (χ2n) is 7.15. The topological polar surface area (TPSA) is 42.3 Å². The third kappa shape index (κ3) is 4.15. The highest BCUT2D eigenvalue weighted by molar-refractivity contribution is 8.18. The Morgan fingerprint density at radius 2 is 1.90 bits per heavy atom. The summed E-state index contributed by atoms with van der Waals surface area (Å²) in [6.07, 6.45) is 5.56. The zero-order valence-electron chi connectivity index (χ0n) is 16.4. The highest BCUT2D eigenvalue weighted by Crippen LogP contribution is 2.34. The second-order valence-corrected chi connectivity index (χ2v) is 8.99. The number of hydrogen-bond donors (Lipinski definition) is 0. The fourth-order valence-electron chi connectivity index (χ4n) is 3.50. The molecule has 0 aliphatic carbocycles. The molecule has 0 bridgehead atoms. The summed E-state index contributed by atoms with van der Waals surface area (Å²) in [6, 6.07) is 13.5. The normalized spacial score (nSPS) is 15.7. The molecule has 0 unspecified atom stereocenters. The van der Waals surface area contributed by atoms with Gasteiger partial charge in [0.2, 0.25) is 0 Å². The van der Waals surface area contributed by atoms with Crippen LogP contribution in [0, 0.1) is 0 Å². The molecule has 1 aromatic heterocycles. The quantitative estimate of drug-likeness (QED) is 0.380. The number of halogens is 2. The fourth-order valence-corrected chi connectivity index (χ4v) is 4.83. The van der Waals surface area contributed by atoms with Gasteiger partial charge in [-0.15, -0.1) is 0 Å². The zero-order valence-corrected chi connectivity index (χ0v) is 18.7.